The van der Waals surface area contributed by atoms with Gasteiger partial charge in [0.15, 0.2) is 17.8 Å². The number of halogens is 7. The Labute approximate surface area is 214 Å². The van der Waals surface area contributed by atoms with Gasteiger partial charge in [-0.15, -0.1) is 28.5 Å². The van der Waals surface area contributed by atoms with Gasteiger partial charge in [0.2, 0.25) is 0 Å². The molecule has 0 saturated heterocycles. The van der Waals surface area contributed by atoms with Crippen molar-refractivity contribution >= 4 is 11.6 Å². The number of rotatable bonds is 8. The van der Waals surface area contributed by atoms with E-state index in [4.69, 9.17) is 11.6 Å². The number of H-pyrrole nitrogens is 1. The number of hydrogen-bond donors (Lipinski definition) is 2. The van der Waals surface area contributed by atoms with E-state index in [0.29, 0.717) is 15.2 Å². The Bertz CT molecular complexity index is 1460. The molecule has 0 amide bonds. The lowest BCUT2D eigenvalue weighted by molar-refractivity contribution is -0.274. The summed E-state index contributed by atoms with van der Waals surface area (Å²) in [6.45, 7) is -1.42. The molecule has 2 heterocycles. The molecule has 0 aliphatic heterocycles. The van der Waals surface area contributed by atoms with Gasteiger partial charge in [-0.05, 0) is 42.0 Å². The smallest absolute Gasteiger partial charge is 0.406 e. The van der Waals surface area contributed by atoms with Crippen LogP contribution in [0.25, 0.3) is 11.4 Å². The van der Waals surface area contributed by atoms with Gasteiger partial charge in [-0.25, -0.2) is 9.48 Å². The summed E-state index contributed by atoms with van der Waals surface area (Å²) < 4.78 is 81.8. The molecule has 0 radical (unpaired) electrons. The monoisotopic (exact) mass is 562 g/mol. The standard InChI is InChI=1S/C22H17ClF6N6O3/c23-14-6-4-13(5-7-14)19-33-35(20(37)34(19)10-16(36)21(24,25)26)11-18-30-17(31-32-18)9-12-2-1-3-15(8-12)38-22(27,28)29/h1-8,16,36H,9-11H2,(H,30,31,32)/t16-/m0/s1. The normalized spacial score (nSPS) is 13.1. The van der Waals surface area contributed by atoms with Gasteiger partial charge in [0.05, 0.1) is 6.54 Å². The second-order valence-corrected chi connectivity index (χ2v) is 8.47. The van der Waals surface area contributed by atoms with Crippen LogP contribution in [0.1, 0.15) is 17.2 Å². The van der Waals surface area contributed by atoms with Crippen LogP contribution in [-0.2, 0) is 19.5 Å². The fraction of sp³-hybridized carbons (Fsp3) is 0.273. The molecule has 9 nitrogen and oxygen atoms in total. The van der Waals surface area contributed by atoms with Crippen LogP contribution in [0.5, 0.6) is 5.75 Å². The molecular weight excluding hydrogens is 546 g/mol. The number of alkyl halides is 6. The molecule has 202 valence electrons. The summed E-state index contributed by atoms with van der Waals surface area (Å²) in [5.74, 6) is -0.214. The van der Waals surface area contributed by atoms with Crippen molar-refractivity contribution < 1.29 is 36.2 Å². The molecule has 0 saturated carbocycles. The van der Waals surface area contributed by atoms with Crippen molar-refractivity contribution in [3.63, 3.8) is 0 Å². The van der Waals surface area contributed by atoms with E-state index in [0.717, 1.165) is 10.7 Å². The highest BCUT2D eigenvalue weighted by molar-refractivity contribution is 6.30. The van der Waals surface area contributed by atoms with E-state index < -0.39 is 36.6 Å². The number of benzene rings is 2. The fourth-order valence-corrected chi connectivity index (χ4v) is 3.60. The molecular formula is C22H17ClF6N6O3. The maximum absolute atomic E-state index is 13.0. The summed E-state index contributed by atoms with van der Waals surface area (Å²) in [5, 5.41) is 21.8. The Hall–Kier alpha value is -3.85. The van der Waals surface area contributed by atoms with Gasteiger partial charge in [-0.1, -0.05) is 23.7 Å². The first-order valence-corrected chi connectivity index (χ1v) is 11.1. The molecule has 16 heteroatoms. The quantitative estimate of drug-likeness (QED) is 0.315. The Morgan fingerprint density at radius 1 is 1.03 bits per heavy atom. The van der Waals surface area contributed by atoms with Crippen LogP contribution in [0.3, 0.4) is 0 Å². The molecule has 0 bridgehead atoms. The van der Waals surface area contributed by atoms with Crippen molar-refractivity contribution in [2.24, 2.45) is 0 Å². The highest BCUT2D eigenvalue weighted by Gasteiger charge is 2.39. The van der Waals surface area contributed by atoms with Crippen molar-refractivity contribution in [2.45, 2.75) is 38.2 Å². The second-order valence-electron chi connectivity index (χ2n) is 8.03. The molecule has 4 rings (SSSR count). The first kappa shape index (κ1) is 27.2. The van der Waals surface area contributed by atoms with Crippen molar-refractivity contribution in [3.8, 4) is 17.1 Å². The third kappa shape index (κ3) is 6.72. The van der Waals surface area contributed by atoms with Gasteiger partial charge in [0.1, 0.15) is 18.1 Å². The minimum atomic E-state index is -4.97. The summed E-state index contributed by atoms with van der Waals surface area (Å²) in [4.78, 5) is 15.7. The Morgan fingerprint density at radius 3 is 2.37 bits per heavy atom. The van der Waals surface area contributed by atoms with E-state index >= 15 is 0 Å². The largest absolute Gasteiger partial charge is 0.573 e. The maximum atomic E-state index is 13.0. The lowest BCUT2D eigenvalue weighted by atomic mass is 10.1. The third-order valence-electron chi connectivity index (χ3n) is 5.14. The fourth-order valence-electron chi connectivity index (χ4n) is 3.47. The average Bonchev–Trinajstić information content (AvgIpc) is 3.37. The van der Waals surface area contributed by atoms with Crippen molar-refractivity contribution in [1.29, 1.82) is 0 Å². The van der Waals surface area contributed by atoms with Crippen LogP contribution in [0.2, 0.25) is 5.02 Å². The summed E-state index contributed by atoms with van der Waals surface area (Å²) in [6.07, 6.45) is -12.6. The second kappa shape index (κ2) is 10.5. The molecule has 0 fully saturated rings. The third-order valence-corrected chi connectivity index (χ3v) is 5.39. The van der Waals surface area contributed by atoms with E-state index in [2.05, 4.69) is 25.0 Å². The van der Waals surface area contributed by atoms with Crippen LogP contribution in [0.4, 0.5) is 26.3 Å². The van der Waals surface area contributed by atoms with Crippen LogP contribution in [0, 0.1) is 0 Å². The lowest BCUT2D eigenvalue weighted by Crippen LogP contribution is -2.37. The first-order chi connectivity index (χ1) is 17.8. The molecule has 2 aromatic heterocycles. The highest BCUT2D eigenvalue weighted by atomic mass is 35.5. The minimum absolute atomic E-state index is 0.0409. The number of nitrogens with one attached hydrogen (secondary N) is 1. The van der Waals surface area contributed by atoms with Crippen molar-refractivity contribution in [2.75, 3.05) is 0 Å². The summed E-state index contributed by atoms with van der Waals surface area (Å²) >= 11 is 5.86. The maximum Gasteiger partial charge on any atom is 0.573 e. The van der Waals surface area contributed by atoms with Crippen LogP contribution in [-0.4, -0.2) is 53.3 Å². The predicted octanol–water partition coefficient (Wildman–Crippen LogP) is 3.94. The Kier molecular flexibility index (Phi) is 7.51. The summed E-state index contributed by atoms with van der Waals surface area (Å²) in [6, 6.07) is 11.0. The predicted molar refractivity (Wildman–Crippen MR) is 120 cm³/mol. The molecule has 0 unspecified atom stereocenters. The summed E-state index contributed by atoms with van der Waals surface area (Å²) in [5.41, 5.74) is -0.255. The van der Waals surface area contributed by atoms with Gasteiger partial charge in [0.25, 0.3) is 0 Å². The minimum Gasteiger partial charge on any atom is -0.406 e. The van der Waals surface area contributed by atoms with E-state index in [9.17, 15) is 36.2 Å². The van der Waals surface area contributed by atoms with Crippen molar-refractivity contribution in [3.05, 3.63) is 81.3 Å². The van der Waals surface area contributed by atoms with Gasteiger partial charge in [-0.2, -0.15) is 13.2 Å². The number of hydrogen-bond acceptors (Lipinski definition) is 6. The number of aromatic amines is 1. The van der Waals surface area contributed by atoms with Crippen LogP contribution >= 0.6 is 11.6 Å². The van der Waals surface area contributed by atoms with Gasteiger partial charge in [-0.3, -0.25) is 4.57 Å². The number of ether oxygens (including phenoxy) is 1. The van der Waals surface area contributed by atoms with E-state index in [1.165, 1.54) is 36.4 Å². The number of aromatic nitrogens is 6. The molecule has 0 aliphatic carbocycles. The molecule has 2 aromatic carbocycles. The van der Waals surface area contributed by atoms with Crippen LogP contribution < -0.4 is 10.4 Å². The molecule has 1 atom stereocenters. The number of aliphatic hydroxyl groups excluding tert-OH is 1. The zero-order chi connectivity index (χ0) is 27.7. The van der Waals surface area contributed by atoms with E-state index in [-0.39, 0.29) is 36.0 Å². The molecule has 2 N–H and O–H groups in total. The Balaban J connectivity index is 1.58. The lowest BCUT2D eigenvalue weighted by Gasteiger charge is -2.15. The average molecular weight is 563 g/mol. The highest BCUT2D eigenvalue weighted by Crippen LogP contribution is 2.25. The molecule has 38 heavy (non-hydrogen) atoms. The van der Waals surface area contributed by atoms with Crippen LogP contribution in [0.15, 0.2) is 53.3 Å². The first-order valence-electron chi connectivity index (χ1n) is 10.7. The van der Waals surface area contributed by atoms with Gasteiger partial charge < -0.3 is 14.8 Å². The number of aliphatic hydroxyl groups is 1. The SMILES string of the molecule is O=c1n(Cc2nnc(Cc3cccc(OC(F)(F)F)c3)[nH]2)nc(-c2ccc(Cl)cc2)n1C[C@H](O)C(F)(F)F. The molecule has 0 spiro atoms. The van der Waals surface area contributed by atoms with Crippen molar-refractivity contribution in [1.82, 2.24) is 29.5 Å². The van der Waals surface area contributed by atoms with Gasteiger partial charge >= 0.3 is 18.2 Å². The Morgan fingerprint density at radius 2 is 1.71 bits per heavy atom. The zero-order valence-corrected chi connectivity index (χ0v) is 19.7. The molecule has 0 aliphatic rings. The van der Waals surface area contributed by atoms with E-state index in [1.54, 1.807) is 6.07 Å². The summed E-state index contributed by atoms with van der Waals surface area (Å²) in [7, 11) is 0. The topological polar surface area (TPSA) is 111 Å². The zero-order valence-electron chi connectivity index (χ0n) is 19.0. The molecule has 4 aromatic rings. The van der Waals surface area contributed by atoms with E-state index in [1.807, 2.05) is 0 Å². The van der Waals surface area contributed by atoms with Gasteiger partial charge in [0, 0.05) is 17.0 Å². The number of nitrogens with zero attached hydrogens (tertiary/aromatic N) is 5.